The van der Waals surface area contributed by atoms with Crippen molar-refractivity contribution in [3.63, 3.8) is 0 Å². The summed E-state index contributed by atoms with van der Waals surface area (Å²) in [5, 5.41) is 8.11. The van der Waals surface area contributed by atoms with Gasteiger partial charge in [-0.05, 0) is 31.4 Å². The molecule has 1 aromatic carbocycles. The maximum Gasteiger partial charge on any atom is 0.267 e. The summed E-state index contributed by atoms with van der Waals surface area (Å²) in [6, 6.07) is 5.81. The van der Waals surface area contributed by atoms with E-state index in [9.17, 15) is 13.2 Å². The lowest BCUT2D eigenvalue weighted by molar-refractivity contribution is -0.123. The van der Waals surface area contributed by atoms with Gasteiger partial charge in [-0.2, -0.15) is 4.98 Å². The van der Waals surface area contributed by atoms with E-state index in [0.717, 1.165) is 23.8 Å². The molecule has 1 aliphatic rings. The van der Waals surface area contributed by atoms with Crippen LogP contribution in [0.5, 0.6) is 5.75 Å². The maximum atomic E-state index is 12.2. The Morgan fingerprint density at radius 2 is 2.22 bits per heavy atom. The van der Waals surface area contributed by atoms with Crippen molar-refractivity contribution in [2.75, 3.05) is 11.6 Å². The van der Waals surface area contributed by atoms with Crippen molar-refractivity contribution in [3.8, 4) is 5.75 Å². The summed E-state index contributed by atoms with van der Waals surface area (Å²) in [5.41, 5.74) is 2.22. The molecule has 3 rings (SSSR count). The van der Waals surface area contributed by atoms with Crippen molar-refractivity contribution in [2.24, 2.45) is 0 Å². The molecule has 2 aromatic rings. The van der Waals surface area contributed by atoms with Gasteiger partial charge in [0, 0.05) is 6.26 Å². The number of carbonyl (C=O) groups excluding carboxylic acids is 1. The van der Waals surface area contributed by atoms with Gasteiger partial charge in [0.2, 0.25) is 20.9 Å². The van der Waals surface area contributed by atoms with Crippen molar-refractivity contribution in [3.05, 3.63) is 29.3 Å². The molecule has 9 heteroatoms. The molecule has 0 aliphatic carbocycles. The number of hydrogen-bond donors (Lipinski definition) is 2. The zero-order valence-electron chi connectivity index (χ0n) is 12.7. The minimum absolute atomic E-state index is 0.0891. The van der Waals surface area contributed by atoms with E-state index in [2.05, 4.69) is 20.5 Å². The van der Waals surface area contributed by atoms with E-state index in [4.69, 9.17) is 4.74 Å². The third-order valence-electron chi connectivity index (χ3n) is 3.50. The summed E-state index contributed by atoms with van der Waals surface area (Å²) < 4.78 is 28.4. The van der Waals surface area contributed by atoms with E-state index in [0.29, 0.717) is 12.2 Å². The molecule has 0 spiro atoms. The standard InChI is InChI=1S/C14H16N4O4S/c1-8-3-5-10-9(7-8)4-6-11(22-10)12(19)15-13-16-14(18-17-13)23(2,20)21/h3,5,7,11H,4,6H2,1-2H3,(H2,15,16,17,18,19). The first-order valence-electron chi connectivity index (χ1n) is 7.02. The molecular weight excluding hydrogens is 320 g/mol. The third kappa shape index (κ3) is 3.34. The summed E-state index contributed by atoms with van der Waals surface area (Å²) in [5.74, 6) is 0.192. The predicted molar refractivity (Wildman–Crippen MR) is 82.0 cm³/mol. The molecule has 8 nitrogen and oxygen atoms in total. The van der Waals surface area contributed by atoms with Crippen LogP contribution in [0.2, 0.25) is 0 Å². The highest BCUT2D eigenvalue weighted by atomic mass is 32.2. The monoisotopic (exact) mass is 336 g/mol. The number of H-pyrrole nitrogens is 1. The maximum absolute atomic E-state index is 12.2. The molecule has 2 heterocycles. The molecule has 0 saturated carbocycles. The molecule has 0 bridgehead atoms. The molecule has 0 radical (unpaired) electrons. The number of anilines is 1. The Kier molecular flexibility index (Phi) is 3.80. The molecule has 1 atom stereocenters. The summed E-state index contributed by atoms with van der Waals surface area (Å²) in [7, 11) is -3.50. The van der Waals surface area contributed by atoms with Crippen LogP contribution in [-0.2, 0) is 21.1 Å². The Hall–Kier alpha value is -2.42. The fraction of sp³-hybridized carbons (Fsp3) is 0.357. The van der Waals surface area contributed by atoms with Crippen molar-refractivity contribution >= 4 is 21.7 Å². The molecular formula is C14H16N4O4S. The smallest absolute Gasteiger partial charge is 0.267 e. The molecule has 2 N–H and O–H groups in total. The molecule has 1 unspecified atom stereocenters. The van der Waals surface area contributed by atoms with Crippen molar-refractivity contribution in [1.82, 2.24) is 15.2 Å². The zero-order valence-corrected chi connectivity index (χ0v) is 13.5. The number of nitrogens with one attached hydrogen (secondary N) is 2. The number of benzene rings is 1. The van der Waals surface area contributed by atoms with Crippen LogP contribution in [0.25, 0.3) is 0 Å². The lowest BCUT2D eigenvalue weighted by atomic mass is 10.00. The third-order valence-corrected chi connectivity index (χ3v) is 4.39. The van der Waals surface area contributed by atoms with Gasteiger partial charge >= 0.3 is 0 Å². The van der Waals surface area contributed by atoms with E-state index in [-0.39, 0.29) is 11.1 Å². The quantitative estimate of drug-likeness (QED) is 0.859. The molecule has 1 aliphatic heterocycles. The van der Waals surface area contributed by atoms with Gasteiger partial charge in [-0.1, -0.05) is 17.7 Å². The largest absolute Gasteiger partial charge is 0.480 e. The highest BCUT2D eigenvalue weighted by Gasteiger charge is 2.27. The van der Waals surface area contributed by atoms with E-state index < -0.39 is 21.8 Å². The Morgan fingerprint density at radius 1 is 1.43 bits per heavy atom. The Balaban J connectivity index is 1.70. The molecule has 1 aromatic heterocycles. The van der Waals surface area contributed by atoms with Crippen molar-refractivity contribution < 1.29 is 17.9 Å². The van der Waals surface area contributed by atoms with Gasteiger partial charge in [0.1, 0.15) is 5.75 Å². The van der Waals surface area contributed by atoms with Crippen LogP contribution in [0.1, 0.15) is 17.5 Å². The molecule has 122 valence electrons. The first kappa shape index (κ1) is 15.5. The number of sulfone groups is 1. The number of nitrogens with zero attached hydrogens (tertiary/aromatic N) is 2. The highest BCUT2D eigenvalue weighted by molar-refractivity contribution is 7.90. The first-order chi connectivity index (χ1) is 10.8. The Labute approximate surface area is 133 Å². The molecule has 23 heavy (non-hydrogen) atoms. The van der Waals surface area contributed by atoms with Gasteiger partial charge in [0.05, 0.1) is 0 Å². The highest BCUT2D eigenvalue weighted by Crippen LogP contribution is 2.28. The fourth-order valence-corrected chi connectivity index (χ4v) is 2.83. The SMILES string of the molecule is Cc1ccc2c(c1)CCC(C(=O)Nc1n[nH]c(S(C)(=O)=O)n1)O2. The molecule has 0 saturated heterocycles. The minimum Gasteiger partial charge on any atom is -0.480 e. The summed E-state index contributed by atoms with van der Waals surface area (Å²) in [4.78, 5) is 16.0. The van der Waals surface area contributed by atoms with Crippen molar-refractivity contribution in [2.45, 2.75) is 31.0 Å². The summed E-state index contributed by atoms with van der Waals surface area (Å²) in [6.45, 7) is 2.00. The Bertz CT molecular complexity index is 859. The number of carbonyl (C=O) groups is 1. The van der Waals surface area contributed by atoms with Gasteiger partial charge in [-0.3, -0.25) is 10.1 Å². The molecule has 1 amide bonds. The van der Waals surface area contributed by atoms with Gasteiger partial charge < -0.3 is 4.74 Å². The average molecular weight is 336 g/mol. The van der Waals surface area contributed by atoms with Gasteiger partial charge in [-0.15, -0.1) is 5.10 Å². The van der Waals surface area contributed by atoms with Crippen LogP contribution in [0.3, 0.4) is 0 Å². The zero-order chi connectivity index (χ0) is 16.6. The first-order valence-corrected chi connectivity index (χ1v) is 8.91. The Morgan fingerprint density at radius 3 is 2.91 bits per heavy atom. The van der Waals surface area contributed by atoms with Gasteiger partial charge in [0.25, 0.3) is 5.91 Å². The molecule has 0 fully saturated rings. The van der Waals surface area contributed by atoms with Crippen LogP contribution in [0.15, 0.2) is 23.4 Å². The second-order valence-corrected chi connectivity index (χ2v) is 7.41. The number of hydrogen-bond acceptors (Lipinski definition) is 6. The summed E-state index contributed by atoms with van der Waals surface area (Å²) in [6.07, 6.45) is 1.61. The second kappa shape index (κ2) is 5.65. The number of fused-ring (bicyclic) bond motifs is 1. The van der Waals surface area contributed by atoms with Crippen LogP contribution in [0, 0.1) is 6.92 Å². The second-order valence-electron chi connectivity index (χ2n) is 5.48. The predicted octanol–water partition coefficient (Wildman–Crippen LogP) is 0.849. The lowest BCUT2D eigenvalue weighted by Gasteiger charge is -2.25. The van der Waals surface area contributed by atoms with Gasteiger partial charge in [-0.25, -0.2) is 13.5 Å². The lowest BCUT2D eigenvalue weighted by Crippen LogP contribution is -2.36. The van der Waals surface area contributed by atoms with E-state index in [1.54, 1.807) is 0 Å². The number of aromatic amines is 1. The van der Waals surface area contributed by atoms with E-state index in [1.165, 1.54) is 0 Å². The normalized spacial score (nSPS) is 17.2. The van der Waals surface area contributed by atoms with Crippen LogP contribution >= 0.6 is 0 Å². The number of aromatic nitrogens is 3. The van der Waals surface area contributed by atoms with Crippen LogP contribution in [0.4, 0.5) is 5.95 Å². The number of aryl methyl sites for hydroxylation is 2. The summed E-state index contributed by atoms with van der Waals surface area (Å²) >= 11 is 0. The van der Waals surface area contributed by atoms with Crippen molar-refractivity contribution in [1.29, 1.82) is 0 Å². The number of rotatable bonds is 3. The number of amides is 1. The average Bonchev–Trinajstić information content (AvgIpc) is 2.95. The van der Waals surface area contributed by atoms with Crippen LogP contribution < -0.4 is 10.1 Å². The topological polar surface area (TPSA) is 114 Å². The van der Waals surface area contributed by atoms with E-state index >= 15 is 0 Å². The minimum atomic E-state index is -3.50. The van der Waals surface area contributed by atoms with Gasteiger partial charge in [0.15, 0.2) is 6.10 Å². The number of ether oxygens (including phenoxy) is 1. The van der Waals surface area contributed by atoms with Crippen LogP contribution in [-0.4, -0.2) is 41.9 Å². The van der Waals surface area contributed by atoms with E-state index in [1.807, 2.05) is 25.1 Å². The fourth-order valence-electron chi connectivity index (χ4n) is 2.36.